The van der Waals surface area contributed by atoms with E-state index >= 15 is 0 Å². The van der Waals surface area contributed by atoms with E-state index in [1.807, 2.05) is 4.98 Å². The lowest BCUT2D eigenvalue weighted by Gasteiger charge is -2.16. The fourth-order valence-electron chi connectivity index (χ4n) is 1.72. The van der Waals surface area contributed by atoms with Gasteiger partial charge in [-0.3, -0.25) is 14.3 Å². The molecule has 0 amide bonds. The van der Waals surface area contributed by atoms with E-state index in [1.165, 1.54) is 0 Å². The highest BCUT2D eigenvalue weighted by atomic mass is 16.6. The van der Waals surface area contributed by atoms with E-state index in [0.29, 0.717) is 0 Å². The van der Waals surface area contributed by atoms with Crippen molar-refractivity contribution in [1.29, 1.82) is 1.43 Å². The fraction of sp³-hybridized carbons (Fsp3) is 0.556. The normalized spacial score (nSPS) is 33.6. The first kappa shape index (κ1) is 10.7. The van der Waals surface area contributed by atoms with Crippen molar-refractivity contribution in [1.82, 2.24) is 9.55 Å². The van der Waals surface area contributed by atoms with Crippen LogP contribution in [0, 0.1) is 0 Å². The summed E-state index contributed by atoms with van der Waals surface area (Å²) in [6.07, 6.45) is -3.25. The van der Waals surface area contributed by atoms with Gasteiger partial charge < -0.3 is 20.1 Å². The maximum atomic E-state index is 11.5. The first-order valence-electron chi connectivity index (χ1n) is 5.37. The molecule has 0 radical (unpaired) electrons. The van der Waals surface area contributed by atoms with Crippen molar-refractivity contribution < 1.29 is 20.1 Å². The average Bonchev–Trinajstić information content (AvgIpc) is 2.66. The van der Waals surface area contributed by atoms with Gasteiger partial charge in [0.1, 0.15) is 18.3 Å². The molecule has 0 saturated carbocycles. The lowest BCUT2D eigenvalue weighted by molar-refractivity contribution is -0.0550. The van der Waals surface area contributed by atoms with Crippen LogP contribution in [0.15, 0.2) is 21.9 Å². The summed E-state index contributed by atoms with van der Waals surface area (Å²) < 4.78 is 13.0. The summed E-state index contributed by atoms with van der Waals surface area (Å²) in [4.78, 5) is 24.5. The Morgan fingerprint density at radius 1 is 1.53 bits per heavy atom. The molecule has 17 heavy (non-hydrogen) atoms. The minimum atomic E-state index is -1.30. The predicted octanol–water partition coefficient (Wildman–Crippen LogP) is -2.85. The Morgan fingerprint density at radius 3 is 2.82 bits per heavy atom. The fourth-order valence-corrected chi connectivity index (χ4v) is 1.72. The maximum Gasteiger partial charge on any atom is 0.330 e. The third-order valence-corrected chi connectivity index (χ3v) is 2.61. The molecule has 94 valence electrons. The Bertz CT molecular complexity index is 528. The molecule has 0 bridgehead atoms. The van der Waals surface area contributed by atoms with Crippen molar-refractivity contribution in [3.8, 4) is 0 Å². The van der Waals surface area contributed by atoms with E-state index in [0.717, 1.165) is 16.8 Å². The monoisotopic (exact) mass is 246 g/mol. The minimum Gasteiger partial charge on any atom is -0.394 e. The number of aliphatic hydroxyl groups is 3. The Labute approximate surface area is 96.2 Å². The summed E-state index contributed by atoms with van der Waals surface area (Å²) in [5, 5.41) is 23.2. The SMILES string of the molecule is [3H]O[C@H]1[C@@H](O)[C@H](n2ccc(=O)[nH]c2=O)O[C@@H]1CO. The quantitative estimate of drug-likeness (QED) is 0.455. The molecule has 1 aromatic rings. The summed E-state index contributed by atoms with van der Waals surface area (Å²) >= 11 is 0. The van der Waals surface area contributed by atoms with Gasteiger partial charge in [0.05, 0.1) is 6.61 Å². The van der Waals surface area contributed by atoms with Crippen molar-refractivity contribution in [2.45, 2.75) is 24.5 Å². The minimum absolute atomic E-state index is 0.463. The van der Waals surface area contributed by atoms with Crippen molar-refractivity contribution in [2.75, 3.05) is 6.61 Å². The molecule has 1 saturated heterocycles. The van der Waals surface area contributed by atoms with Gasteiger partial charge in [0.15, 0.2) is 6.23 Å². The number of aromatic amines is 1. The van der Waals surface area contributed by atoms with Gasteiger partial charge in [0, 0.05) is 12.3 Å². The molecule has 1 fully saturated rings. The van der Waals surface area contributed by atoms with E-state index in [4.69, 9.17) is 11.3 Å². The number of H-pyrrole nitrogens is 1. The Hall–Kier alpha value is -1.48. The van der Waals surface area contributed by atoms with Gasteiger partial charge in [-0.2, -0.15) is 0 Å². The third-order valence-electron chi connectivity index (χ3n) is 2.61. The van der Waals surface area contributed by atoms with Crippen LogP contribution in [0.5, 0.6) is 0 Å². The molecule has 1 aliphatic heterocycles. The second kappa shape index (κ2) is 4.41. The Morgan fingerprint density at radius 2 is 2.29 bits per heavy atom. The number of nitrogens with zero attached hydrogens (tertiary/aromatic N) is 1. The zero-order valence-corrected chi connectivity index (χ0v) is 8.65. The van der Waals surface area contributed by atoms with Gasteiger partial charge in [0.25, 0.3) is 5.56 Å². The van der Waals surface area contributed by atoms with Crippen molar-refractivity contribution >= 4 is 0 Å². The summed E-state index contributed by atoms with van der Waals surface area (Å²) in [7, 11) is 0. The second-order valence-electron chi connectivity index (χ2n) is 3.72. The molecule has 0 spiro atoms. The largest absolute Gasteiger partial charge is 0.394 e. The highest BCUT2D eigenvalue weighted by Crippen LogP contribution is 2.27. The molecule has 1 aliphatic rings. The van der Waals surface area contributed by atoms with Crippen LogP contribution in [0.4, 0.5) is 0 Å². The lowest BCUT2D eigenvalue weighted by atomic mass is 10.1. The van der Waals surface area contributed by atoms with Crippen LogP contribution in [-0.2, 0) is 4.74 Å². The van der Waals surface area contributed by atoms with Gasteiger partial charge in [-0.05, 0) is 0 Å². The maximum absolute atomic E-state index is 11.5. The number of hydrogen-bond donors (Lipinski definition) is 4. The number of ether oxygens (including phenoxy) is 1. The van der Waals surface area contributed by atoms with Crippen LogP contribution in [0.3, 0.4) is 0 Å². The van der Waals surface area contributed by atoms with Gasteiger partial charge in [-0.1, -0.05) is 0 Å². The highest BCUT2D eigenvalue weighted by molar-refractivity contribution is 4.92. The molecule has 0 aliphatic carbocycles. The van der Waals surface area contributed by atoms with E-state index in [2.05, 4.69) is 5.11 Å². The van der Waals surface area contributed by atoms with Crippen molar-refractivity contribution in [2.24, 2.45) is 0 Å². The molecule has 2 heterocycles. The molecule has 4 atom stereocenters. The first-order chi connectivity index (χ1) is 8.58. The molecular weight excluding hydrogens is 232 g/mol. The van der Waals surface area contributed by atoms with Crippen LogP contribution < -0.4 is 11.2 Å². The number of aromatic nitrogens is 2. The smallest absolute Gasteiger partial charge is 0.330 e. The summed E-state index contributed by atoms with van der Waals surface area (Å²) in [5.74, 6) is 0. The predicted molar refractivity (Wildman–Crippen MR) is 54.3 cm³/mol. The average molecular weight is 246 g/mol. The molecular formula is C9H12N2O6. The highest BCUT2D eigenvalue weighted by Gasteiger charge is 2.43. The topological polar surface area (TPSA) is 125 Å². The zero-order chi connectivity index (χ0) is 13.3. The zero-order valence-electron chi connectivity index (χ0n) is 9.65. The first-order valence-corrected chi connectivity index (χ1v) is 4.96. The van der Waals surface area contributed by atoms with Crippen LogP contribution in [0.2, 0.25) is 0 Å². The van der Waals surface area contributed by atoms with Crippen molar-refractivity contribution in [3.63, 3.8) is 0 Å². The van der Waals surface area contributed by atoms with Crippen LogP contribution >= 0.6 is 0 Å². The van der Waals surface area contributed by atoms with Crippen LogP contribution in [0.25, 0.3) is 0 Å². The van der Waals surface area contributed by atoms with E-state index in [1.54, 1.807) is 0 Å². The van der Waals surface area contributed by atoms with Gasteiger partial charge in [-0.15, -0.1) is 0 Å². The van der Waals surface area contributed by atoms with E-state index < -0.39 is 42.4 Å². The molecule has 4 N–H and O–H groups in total. The Balaban J connectivity index is 2.34. The lowest BCUT2D eigenvalue weighted by Crippen LogP contribution is -2.37. The molecule has 8 nitrogen and oxygen atoms in total. The second-order valence-corrected chi connectivity index (χ2v) is 3.72. The summed E-state index contributed by atoms with van der Waals surface area (Å²) in [6.45, 7) is -0.463. The third kappa shape index (κ3) is 2.03. The van der Waals surface area contributed by atoms with E-state index in [9.17, 15) is 14.7 Å². The summed E-state index contributed by atoms with van der Waals surface area (Å²) in [5.41, 5.74) is -1.33. The number of aliphatic hydroxyl groups excluding tert-OH is 3. The standard InChI is InChI=1S/C9H12N2O6/c12-3-4-6(14)7(15)8(17-4)11-2-1-5(13)10-9(11)16/h1-2,4,6-8,12,14-15H,3H2,(H,10,13,16)/t4-,6-,7-,8-/m1/s1/i14T. The van der Waals surface area contributed by atoms with Crippen LogP contribution in [-0.4, -0.2) is 51.2 Å². The van der Waals surface area contributed by atoms with Gasteiger partial charge in [0.2, 0.25) is 1.43 Å². The molecule has 2 rings (SSSR count). The van der Waals surface area contributed by atoms with Crippen molar-refractivity contribution in [3.05, 3.63) is 33.1 Å². The summed E-state index contributed by atoms with van der Waals surface area (Å²) in [6, 6.07) is 1.10. The van der Waals surface area contributed by atoms with Gasteiger partial charge in [-0.25, -0.2) is 4.79 Å². The molecule has 0 unspecified atom stereocenters. The van der Waals surface area contributed by atoms with E-state index in [-0.39, 0.29) is 0 Å². The Kier molecular flexibility index (Phi) is 2.77. The number of hydrogen-bond acceptors (Lipinski definition) is 6. The molecule has 1 aromatic heterocycles. The van der Waals surface area contributed by atoms with Crippen LogP contribution in [0.1, 0.15) is 6.23 Å². The molecule has 8 heteroatoms. The van der Waals surface area contributed by atoms with Gasteiger partial charge >= 0.3 is 5.69 Å². The number of nitrogens with one attached hydrogen (secondary N) is 1. The number of rotatable bonds is 3. The molecule has 0 aromatic carbocycles.